The van der Waals surface area contributed by atoms with Crippen LogP contribution in [0.4, 0.5) is 0 Å². The first-order chi connectivity index (χ1) is 8.26. The van der Waals surface area contributed by atoms with Gasteiger partial charge in [0.15, 0.2) is 0 Å². The van der Waals surface area contributed by atoms with E-state index < -0.39 is 0 Å². The van der Waals surface area contributed by atoms with Crippen molar-refractivity contribution in [3.05, 3.63) is 34.9 Å². The molecule has 0 nitrogen and oxygen atoms in total. The van der Waals surface area contributed by atoms with Crippen LogP contribution in [0.15, 0.2) is 18.2 Å². The SMILES string of the molecule is CCc1ccc(C(Br)C2CCCC2)cc1CC. The summed E-state index contributed by atoms with van der Waals surface area (Å²) in [5.41, 5.74) is 4.54. The van der Waals surface area contributed by atoms with Crippen molar-refractivity contribution in [3.8, 4) is 0 Å². The molecule has 1 unspecified atom stereocenters. The summed E-state index contributed by atoms with van der Waals surface area (Å²) in [5.74, 6) is 0.854. The topological polar surface area (TPSA) is 0 Å². The lowest BCUT2D eigenvalue weighted by molar-refractivity contribution is 0.541. The number of alkyl halides is 1. The van der Waals surface area contributed by atoms with E-state index in [1.165, 1.54) is 42.4 Å². The summed E-state index contributed by atoms with van der Waals surface area (Å²) in [6.07, 6.45) is 7.93. The van der Waals surface area contributed by atoms with Gasteiger partial charge >= 0.3 is 0 Å². The van der Waals surface area contributed by atoms with E-state index in [4.69, 9.17) is 0 Å². The third-order valence-electron chi connectivity index (χ3n) is 4.12. The Labute approximate surface area is 114 Å². The smallest absolute Gasteiger partial charge is 0.0423 e. The maximum atomic E-state index is 3.92. The molecule has 1 heteroatoms. The second kappa shape index (κ2) is 6.04. The highest BCUT2D eigenvalue weighted by Crippen LogP contribution is 2.41. The van der Waals surface area contributed by atoms with Gasteiger partial charge in [-0.1, -0.05) is 60.8 Å². The molecule has 0 radical (unpaired) electrons. The molecule has 0 N–H and O–H groups in total. The summed E-state index contributed by atoms with van der Waals surface area (Å²) in [5, 5.41) is 0. The molecule has 1 aliphatic carbocycles. The maximum Gasteiger partial charge on any atom is 0.0423 e. The standard InChI is InChI=1S/C16H23Br/c1-3-12-9-10-15(11-13(12)4-2)16(17)14-7-5-6-8-14/h9-11,14,16H,3-8H2,1-2H3. The number of rotatable bonds is 4. The van der Waals surface area contributed by atoms with Crippen molar-refractivity contribution in [1.82, 2.24) is 0 Å². The zero-order valence-corrected chi connectivity index (χ0v) is 12.6. The van der Waals surface area contributed by atoms with Crippen molar-refractivity contribution in [3.63, 3.8) is 0 Å². The highest BCUT2D eigenvalue weighted by Gasteiger charge is 2.24. The van der Waals surface area contributed by atoms with Gasteiger partial charge in [0.25, 0.3) is 0 Å². The summed E-state index contributed by atoms with van der Waals surface area (Å²) in [7, 11) is 0. The first kappa shape index (κ1) is 13.1. The van der Waals surface area contributed by atoms with Crippen molar-refractivity contribution in [2.45, 2.75) is 57.2 Å². The minimum atomic E-state index is 0.571. The van der Waals surface area contributed by atoms with Crippen molar-refractivity contribution < 1.29 is 0 Å². The van der Waals surface area contributed by atoms with E-state index in [0.717, 1.165) is 18.8 Å². The van der Waals surface area contributed by atoms with Crippen LogP contribution in [0.5, 0.6) is 0 Å². The Morgan fingerprint density at radius 3 is 2.35 bits per heavy atom. The van der Waals surface area contributed by atoms with Crippen molar-refractivity contribution in [2.24, 2.45) is 5.92 Å². The van der Waals surface area contributed by atoms with Gasteiger partial charge in [-0.3, -0.25) is 0 Å². The Balaban J connectivity index is 2.20. The lowest BCUT2D eigenvalue weighted by Gasteiger charge is -2.19. The van der Waals surface area contributed by atoms with Crippen LogP contribution < -0.4 is 0 Å². The van der Waals surface area contributed by atoms with Gasteiger partial charge in [-0.05, 0) is 48.3 Å². The highest BCUT2D eigenvalue weighted by molar-refractivity contribution is 9.09. The molecule has 0 heterocycles. The first-order valence-corrected chi connectivity index (χ1v) is 7.93. The van der Waals surface area contributed by atoms with Crippen LogP contribution >= 0.6 is 15.9 Å². The molecule has 1 aromatic carbocycles. The number of halogens is 1. The van der Waals surface area contributed by atoms with Gasteiger partial charge in [0.2, 0.25) is 0 Å². The Morgan fingerprint density at radius 1 is 1.12 bits per heavy atom. The average molecular weight is 295 g/mol. The molecule has 1 atom stereocenters. The summed E-state index contributed by atoms with van der Waals surface area (Å²) in [6, 6.07) is 7.09. The second-order valence-corrected chi connectivity index (χ2v) is 6.17. The van der Waals surface area contributed by atoms with Crippen molar-refractivity contribution >= 4 is 15.9 Å². The number of aryl methyl sites for hydroxylation is 2. The molecule has 0 aromatic heterocycles. The Morgan fingerprint density at radius 2 is 1.76 bits per heavy atom. The van der Waals surface area contributed by atoms with Gasteiger partial charge in [0, 0.05) is 4.83 Å². The van der Waals surface area contributed by atoms with Crippen LogP contribution in [-0.4, -0.2) is 0 Å². The molecule has 17 heavy (non-hydrogen) atoms. The minimum Gasteiger partial charge on any atom is -0.0836 e. The third-order valence-corrected chi connectivity index (χ3v) is 5.40. The average Bonchev–Trinajstić information content (AvgIpc) is 2.90. The Bertz CT molecular complexity index is 364. The summed E-state index contributed by atoms with van der Waals surface area (Å²) < 4.78 is 0. The normalized spacial score (nSPS) is 18.5. The Kier molecular flexibility index (Phi) is 4.67. The molecule has 1 aliphatic rings. The number of hydrogen-bond acceptors (Lipinski definition) is 0. The van der Waals surface area contributed by atoms with Crippen molar-refractivity contribution in [2.75, 3.05) is 0 Å². The van der Waals surface area contributed by atoms with Gasteiger partial charge in [0.05, 0.1) is 0 Å². The van der Waals surface area contributed by atoms with E-state index in [2.05, 4.69) is 48.0 Å². The minimum absolute atomic E-state index is 0.571. The van der Waals surface area contributed by atoms with E-state index in [1.54, 1.807) is 0 Å². The zero-order chi connectivity index (χ0) is 12.3. The van der Waals surface area contributed by atoms with E-state index in [9.17, 15) is 0 Å². The predicted molar refractivity (Wildman–Crippen MR) is 78.8 cm³/mol. The molecular weight excluding hydrogens is 272 g/mol. The molecule has 1 saturated carbocycles. The largest absolute Gasteiger partial charge is 0.0836 e. The van der Waals surface area contributed by atoms with E-state index in [1.807, 2.05) is 0 Å². The van der Waals surface area contributed by atoms with Gasteiger partial charge in [-0.2, -0.15) is 0 Å². The fourth-order valence-corrected chi connectivity index (χ4v) is 3.83. The monoisotopic (exact) mass is 294 g/mol. The summed E-state index contributed by atoms with van der Waals surface area (Å²) in [6.45, 7) is 4.51. The van der Waals surface area contributed by atoms with Crippen LogP contribution in [-0.2, 0) is 12.8 Å². The molecule has 1 aromatic rings. The maximum absolute atomic E-state index is 3.92. The fraction of sp³-hybridized carbons (Fsp3) is 0.625. The summed E-state index contributed by atoms with van der Waals surface area (Å²) in [4.78, 5) is 0.571. The number of hydrogen-bond donors (Lipinski definition) is 0. The molecule has 2 rings (SSSR count). The van der Waals surface area contributed by atoms with Gasteiger partial charge in [0.1, 0.15) is 0 Å². The molecule has 0 bridgehead atoms. The van der Waals surface area contributed by atoms with Crippen LogP contribution in [0.2, 0.25) is 0 Å². The lowest BCUT2D eigenvalue weighted by atomic mass is 9.93. The fourth-order valence-electron chi connectivity index (χ4n) is 3.01. The van der Waals surface area contributed by atoms with Gasteiger partial charge < -0.3 is 0 Å². The van der Waals surface area contributed by atoms with Crippen LogP contribution in [0.25, 0.3) is 0 Å². The highest BCUT2D eigenvalue weighted by atomic mass is 79.9. The molecule has 1 fully saturated rings. The zero-order valence-electron chi connectivity index (χ0n) is 11.0. The van der Waals surface area contributed by atoms with Crippen molar-refractivity contribution in [1.29, 1.82) is 0 Å². The quantitative estimate of drug-likeness (QED) is 0.649. The van der Waals surface area contributed by atoms with Gasteiger partial charge in [-0.15, -0.1) is 0 Å². The predicted octanol–water partition coefficient (Wildman–Crippen LogP) is 5.44. The molecule has 0 amide bonds. The molecule has 94 valence electrons. The van der Waals surface area contributed by atoms with Crippen LogP contribution in [0.1, 0.15) is 61.0 Å². The second-order valence-electron chi connectivity index (χ2n) is 5.18. The Hall–Kier alpha value is -0.300. The van der Waals surface area contributed by atoms with Gasteiger partial charge in [-0.25, -0.2) is 0 Å². The molecular formula is C16H23Br. The molecule has 0 saturated heterocycles. The van der Waals surface area contributed by atoms with Crippen LogP contribution in [0.3, 0.4) is 0 Å². The van der Waals surface area contributed by atoms with E-state index in [0.29, 0.717) is 4.83 Å². The lowest BCUT2D eigenvalue weighted by Crippen LogP contribution is -2.04. The molecule has 0 spiro atoms. The molecule has 0 aliphatic heterocycles. The van der Waals surface area contributed by atoms with E-state index in [-0.39, 0.29) is 0 Å². The van der Waals surface area contributed by atoms with E-state index >= 15 is 0 Å². The third kappa shape index (κ3) is 2.93. The summed E-state index contributed by atoms with van der Waals surface area (Å²) >= 11 is 3.92. The first-order valence-electron chi connectivity index (χ1n) is 7.02. The number of benzene rings is 1. The van der Waals surface area contributed by atoms with Crippen LogP contribution in [0, 0.1) is 5.92 Å².